The zero-order valence-corrected chi connectivity index (χ0v) is 34.0. The summed E-state index contributed by atoms with van der Waals surface area (Å²) in [5, 5.41) is 9.08. The number of hydrogen-bond donors (Lipinski definition) is 4. The van der Waals surface area contributed by atoms with Crippen LogP contribution >= 0.6 is 0 Å². The Kier molecular flexibility index (Phi) is 12.3. The van der Waals surface area contributed by atoms with Crippen LogP contribution in [-0.4, -0.2) is 89.5 Å². The number of imidazole rings is 1. The fraction of sp³-hybridized carbons (Fsp3) is 0.391. The number of rotatable bonds is 11. The van der Waals surface area contributed by atoms with Crippen molar-refractivity contribution in [2.45, 2.75) is 81.1 Å². The summed E-state index contributed by atoms with van der Waals surface area (Å²) in [6.07, 6.45) is 8.98. The van der Waals surface area contributed by atoms with E-state index < -0.39 is 24.3 Å². The van der Waals surface area contributed by atoms with Crippen molar-refractivity contribution in [1.82, 2.24) is 35.7 Å². The highest BCUT2D eigenvalue weighted by atomic mass is 16.5. The summed E-state index contributed by atoms with van der Waals surface area (Å²) in [4.78, 5) is 69.2. The number of amidine groups is 1. The average molecular weight is 813 g/mol. The van der Waals surface area contributed by atoms with Gasteiger partial charge in [0, 0.05) is 19.3 Å². The standard InChI is InChI=1S/C46H52N8O6/c1-59-45(57)51-39(33-11-5-3-6-12-33)43(55)53-25-9-15-37(53)41-47-27-35(49-41)31-21-17-29(18-22-31)30-19-23-32(24-20-30)36-28-48-42(50-36)38-16-10-26-54(38)44(56)40(52-46(58)60-2)34-13-7-4-8-14-34/h3-8,11-14,17-18,21-23,28,30,35,37-40H,9-10,15-16,19-20,24-27H2,1-2H3,(H,47,49)(H,48,50)(H,51,57)(H,52,58)/t30?,35?,37-,38-,39+,40+/m0/s1. The molecule has 0 saturated carbocycles. The van der Waals surface area contributed by atoms with Crippen molar-refractivity contribution in [3.05, 3.63) is 131 Å². The molecule has 8 rings (SSSR count). The Morgan fingerprint density at radius 3 is 1.87 bits per heavy atom. The van der Waals surface area contributed by atoms with Crippen LogP contribution in [0, 0.1) is 0 Å². The van der Waals surface area contributed by atoms with Crippen LogP contribution in [0.1, 0.15) is 109 Å². The molecule has 2 fully saturated rings. The number of aromatic nitrogens is 2. The average Bonchev–Trinajstić information content (AvgIpc) is 4.15. The van der Waals surface area contributed by atoms with Crippen molar-refractivity contribution in [2.24, 2.45) is 4.99 Å². The lowest BCUT2D eigenvalue weighted by Gasteiger charge is -2.30. The smallest absolute Gasteiger partial charge is 0.407 e. The zero-order chi connectivity index (χ0) is 41.6. The summed E-state index contributed by atoms with van der Waals surface area (Å²) in [6, 6.07) is 25.2. The predicted octanol–water partition coefficient (Wildman–Crippen LogP) is 6.65. The third kappa shape index (κ3) is 8.63. The van der Waals surface area contributed by atoms with Crippen molar-refractivity contribution < 1.29 is 28.7 Å². The third-order valence-corrected chi connectivity index (χ3v) is 12.3. The third-order valence-electron chi connectivity index (χ3n) is 12.3. The van der Waals surface area contributed by atoms with E-state index in [1.807, 2.05) is 76.7 Å². The fourth-order valence-electron chi connectivity index (χ4n) is 9.07. The van der Waals surface area contributed by atoms with E-state index in [1.165, 1.54) is 25.4 Å². The van der Waals surface area contributed by atoms with E-state index in [1.54, 1.807) is 0 Å². The second-order valence-corrected chi connectivity index (χ2v) is 15.8. The number of benzene rings is 3. The van der Waals surface area contributed by atoms with E-state index in [0.717, 1.165) is 67.9 Å². The molecule has 60 heavy (non-hydrogen) atoms. The van der Waals surface area contributed by atoms with Crippen LogP contribution in [0.25, 0.3) is 5.57 Å². The first-order chi connectivity index (χ1) is 29.3. The number of allylic oxidation sites excluding steroid dienone is 2. The van der Waals surface area contributed by atoms with Crippen LogP contribution in [0.5, 0.6) is 0 Å². The highest BCUT2D eigenvalue weighted by Gasteiger charge is 2.40. The van der Waals surface area contributed by atoms with Gasteiger partial charge in [0.1, 0.15) is 23.7 Å². The van der Waals surface area contributed by atoms with E-state index >= 15 is 0 Å². The molecule has 312 valence electrons. The quantitative estimate of drug-likeness (QED) is 0.130. The molecule has 2 saturated heterocycles. The fourth-order valence-corrected chi connectivity index (χ4v) is 9.07. The van der Waals surface area contributed by atoms with Gasteiger partial charge >= 0.3 is 12.2 Å². The SMILES string of the molecule is COC(=O)N[C@@H](C(=O)N1CCC[C@H]1C1=NCC(c2ccc(C3CC=C(c4c[nH]c([C@@H]5CCCN5C(=O)[C@H](NC(=O)OC)c5ccccc5)n4)CC3)cc2)N1)c1ccccc1. The summed E-state index contributed by atoms with van der Waals surface area (Å²) < 4.78 is 9.68. The molecule has 0 bridgehead atoms. The van der Waals surface area contributed by atoms with Crippen LogP contribution in [0.2, 0.25) is 0 Å². The highest BCUT2D eigenvalue weighted by Crippen LogP contribution is 2.38. The summed E-state index contributed by atoms with van der Waals surface area (Å²) in [6.45, 7) is 1.75. The number of methoxy groups -OCH3 is 2. The molecule has 4 aromatic rings. The topological polar surface area (TPSA) is 170 Å². The molecule has 4 amide bonds. The molecule has 0 radical (unpaired) electrons. The molecule has 3 aliphatic heterocycles. The minimum Gasteiger partial charge on any atom is -0.453 e. The first-order valence-electron chi connectivity index (χ1n) is 20.9. The van der Waals surface area contributed by atoms with E-state index in [-0.39, 0.29) is 29.9 Å². The van der Waals surface area contributed by atoms with Gasteiger partial charge in [-0.2, -0.15) is 0 Å². The number of likely N-dealkylation sites (tertiary alicyclic amines) is 2. The number of hydrogen-bond acceptors (Lipinski definition) is 9. The first-order valence-corrected chi connectivity index (χ1v) is 20.9. The van der Waals surface area contributed by atoms with Gasteiger partial charge in [-0.3, -0.25) is 14.6 Å². The van der Waals surface area contributed by atoms with Crippen LogP contribution in [0.3, 0.4) is 0 Å². The molecule has 4 aliphatic rings. The van der Waals surface area contributed by atoms with Gasteiger partial charge in [-0.1, -0.05) is 91.0 Å². The van der Waals surface area contributed by atoms with Gasteiger partial charge in [0.15, 0.2) is 0 Å². The van der Waals surface area contributed by atoms with Crippen molar-refractivity contribution in [3.63, 3.8) is 0 Å². The van der Waals surface area contributed by atoms with Gasteiger partial charge in [-0.15, -0.1) is 0 Å². The van der Waals surface area contributed by atoms with Gasteiger partial charge in [-0.25, -0.2) is 14.6 Å². The molecule has 4 heterocycles. The van der Waals surface area contributed by atoms with Crippen molar-refractivity contribution in [3.8, 4) is 0 Å². The second kappa shape index (κ2) is 18.2. The van der Waals surface area contributed by atoms with Crippen LogP contribution < -0.4 is 16.0 Å². The molecule has 2 unspecified atom stereocenters. The maximum atomic E-state index is 13.9. The second-order valence-electron chi connectivity index (χ2n) is 15.8. The Bertz CT molecular complexity index is 2230. The number of aliphatic imine (C=N–C) groups is 1. The monoisotopic (exact) mass is 812 g/mol. The van der Waals surface area contributed by atoms with Crippen molar-refractivity contribution in [2.75, 3.05) is 33.9 Å². The molecule has 4 N–H and O–H groups in total. The lowest BCUT2D eigenvalue weighted by molar-refractivity contribution is -0.135. The van der Waals surface area contributed by atoms with Gasteiger partial charge < -0.3 is 40.2 Å². The number of H-pyrrole nitrogens is 1. The molecule has 14 nitrogen and oxygen atoms in total. The van der Waals surface area contributed by atoms with Crippen LogP contribution in [0.15, 0.2) is 102 Å². The summed E-state index contributed by atoms with van der Waals surface area (Å²) in [5.41, 5.74) is 5.94. The molecule has 3 aromatic carbocycles. The molecule has 14 heteroatoms. The number of carbonyl (C=O) groups excluding carboxylic acids is 4. The Balaban J connectivity index is 0.872. The Hall–Kier alpha value is -6.44. The Morgan fingerprint density at radius 2 is 1.30 bits per heavy atom. The minimum absolute atomic E-state index is 0.0100. The van der Waals surface area contributed by atoms with Crippen molar-refractivity contribution in [1.29, 1.82) is 0 Å². The van der Waals surface area contributed by atoms with E-state index in [9.17, 15) is 19.2 Å². The number of amides is 4. The highest BCUT2D eigenvalue weighted by molar-refractivity contribution is 5.95. The first kappa shape index (κ1) is 40.3. The van der Waals surface area contributed by atoms with E-state index in [4.69, 9.17) is 19.5 Å². The molecule has 1 aliphatic carbocycles. The van der Waals surface area contributed by atoms with Crippen LogP contribution in [-0.2, 0) is 19.1 Å². The van der Waals surface area contributed by atoms with Gasteiger partial charge in [0.05, 0.1) is 44.6 Å². The van der Waals surface area contributed by atoms with Crippen LogP contribution in [0.4, 0.5) is 9.59 Å². The summed E-state index contributed by atoms with van der Waals surface area (Å²) in [5.74, 6) is 1.58. The number of nitrogens with zero attached hydrogens (tertiary/aromatic N) is 4. The maximum absolute atomic E-state index is 13.9. The molecule has 0 spiro atoms. The lowest BCUT2D eigenvalue weighted by atomic mass is 9.83. The Labute approximate surface area is 349 Å². The van der Waals surface area contributed by atoms with E-state index in [0.29, 0.717) is 36.7 Å². The number of nitrogens with one attached hydrogen (secondary N) is 4. The normalized spacial score (nSPS) is 22.2. The molecule has 6 atom stereocenters. The van der Waals surface area contributed by atoms with Gasteiger partial charge in [0.2, 0.25) is 0 Å². The van der Waals surface area contributed by atoms with Gasteiger partial charge in [-0.05, 0) is 78.7 Å². The predicted molar refractivity (Wildman–Crippen MR) is 226 cm³/mol. The summed E-state index contributed by atoms with van der Waals surface area (Å²) >= 11 is 0. The Morgan fingerprint density at radius 1 is 0.733 bits per heavy atom. The molecular weight excluding hydrogens is 761 g/mol. The maximum Gasteiger partial charge on any atom is 0.407 e. The molecule has 1 aromatic heterocycles. The molecular formula is C46H52N8O6. The number of aromatic amines is 1. The number of ether oxygens (including phenoxy) is 2. The number of alkyl carbamates (subject to hydrolysis) is 2. The van der Waals surface area contributed by atoms with E-state index in [2.05, 4.69) is 51.3 Å². The van der Waals surface area contributed by atoms with Crippen molar-refractivity contribution >= 4 is 35.4 Å². The zero-order valence-electron chi connectivity index (χ0n) is 34.0. The minimum atomic E-state index is -0.862. The summed E-state index contributed by atoms with van der Waals surface area (Å²) in [7, 11) is 2.58. The van der Waals surface area contributed by atoms with Gasteiger partial charge in [0.25, 0.3) is 11.8 Å². The lowest BCUT2D eigenvalue weighted by Crippen LogP contribution is -2.49. The number of carbonyl (C=O) groups is 4. The largest absolute Gasteiger partial charge is 0.453 e.